The number of rotatable bonds is 7. The third kappa shape index (κ3) is 7.45. The molecule has 0 aromatic carbocycles. The number of halogens is 2. The van der Waals surface area contributed by atoms with Crippen LogP contribution in [-0.4, -0.2) is 6.17 Å². The molecular weight excluding hydrogens is 158 g/mol. The molecule has 0 bridgehead atoms. The van der Waals surface area contributed by atoms with Crippen LogP contribution < -0.4 is 0 Å². The molecule has 0 aliphatic rings. The number of allylic oxidation sites excluding steroid dienone is 2. The van der Waals surface area contributed by atoms with Crippen LogP contribution in [0.1, 0.15) is 32.1 Å². The van der Waals surface area contributed by atoms with Gasteiger partial charge in [-0.2, -0.15) is 0 Å². The monoisotopic (exact) mass is 174 g/mol. The van der Waals surface area contributed by atoms with Crippen LogP contribution in [-0.2, 0) is 0 Å². The van der Waals surface area contributed by atoms with Gasteiger partial charge in [-0.1, -0.05) is 25.5 Å². The smallest absolute Gasteiger partial charge is 0.118 e. The van der Waals surface area contributed by atoms with Gasteiger partial charge in [-0.25, -0.2) is 8.78 Å². The van der Waals surface area contributed by atoms with Crippen LogP contribution >= 0.6 is 0 Å². The molecule has 0 saturated carbocycles. The van der Waals surface area contributed by atoms with E-state index in [4.69, 9.17) is 0 Å². The molecule has 0 saturated heterocycles. The summed E-state index contributed by atoms with van der Waals surface area (Å²) in [4.78, 5) is 0. The van der Waals surface area contributed by atoms with Crippen molar-refractivity contribution in [2.45, 2.75) is 38.3 Å². The maximum Gasteiger partial charge on any atom is 0.118 e. The highest BCUT2D eigenvalue weighted by Crippen LogP contribution is 2.11. The largest absolute Gasteiger partial charge is 0.243 e. The van der Waals surface area contributed by atoms with Crippen LogP contribution in [0.3, 0.4) is 0 Å². The normalized spacial score (nSPS) is 12.5. The van der Waals surface area contributed by atoms with Crippen LogP contribution in [0.25, 0.3) is 0 Å². The molecule has 0 aliphatic heterocycles. The van der Waals surface area contributed by atoms with Crippen molar-refractivity contribution in [3.8, 4) is 0 Å². The predicted octanol–water partition coefficient (Wildman–Crippen LogP) is 3.94. The zero-order valence-electron chi connectivity index (χ0n) is 7.36. The zero-order chi connectivity index (χ0) is 9.40. The van der Waals surface area contributed by atoms with E-state index in [9.17, 15) is 8.78 Å². The van der Waals surface area contributed by atoms with Crippen molar-refractivity contribution in [3.05, 3.63) is 25.1 Å². The second-order valence-corrected chi connectivity index (χ2v) is 2.87. The summed E-state index contributed by atoms with van der Waals surface area (Å²) in [7, 11) is 0. The lowest BCUT2D eigenvalue weighted by molar-refractivity contribution is 0.365. The topological polar surface area (TPSA) is 0 Å². The Morgan fingerprint density at radius 1 is 1.33 bits per heavy atom. The molecule has 0 nitrogen and oxygen atoms in total. The minimum Gasteiger partial charge on any atom is -0.243 e. The Labute approximate surface area is 73.0 Å². The average molecular weight is 174 g/mol. The first-order chi connectivity index (χ1) is 5.66. The van der Waals surface area contributed by atoms with E-state index in [0.29, 0.717) is 12.8 Å². The van der Waals surface area contributed by atoms with Gasteiger partial charge in [0.15, 0.2) is 0 Å². The molecule has 0 aromatic heterocycles. The van der Waals surface area contributed by atoms with E-state index >= 15 is 0 Å². The Morgan fingerprint density at radius 3 is 2.50 bits per heavy atom. The van der Waals surface area contributed by atoms with Gasteiger partial charge in [0.2, 0.25) is 0 Å². The summed E-state index contributed by atoms with van der Waals surface area (Å²) in [5, 5.41) is 0. The first kappa shape index (κ1) is 11.3. The Hall–Kier alpha value is -0.660. The van der Waals surface area contributed by atoms with E-state index in [1.165, 1.54) is 6.08 Å². The standard InChI is InChI=1S/C10H16F2/c1-3-10(12)8-6-4-5-7-9(2)11/h3,10H,1-2,4-8H2. The fourth-order valence-electron chi connectivity index (χ4n) is 0.951. The molecule has 0 rings (SSSR count). The van der Waals surface area contributed by atoms with Crippen LogP contribution in [0.5, 0.6) is 0 Å². The van der Waals surface area contributed by atoms with Gasteiger partial charge in [-0.3, -0.25) is 0 Å². The molecule has 0 N–H and O–H groups in total. The molecule has 0 radical (unpaired) electrons. The summed E-state index contributed by atoms with van der Waals surface area (Å²) in [6, 6.07) is 0. The van der Waals surface area contributed by atoms with Gasteiger partial charge in [0, 0.05) is 0 Å². The lowest BCUT2D eigenvalue weighted by Crippen LogP contribution is -1.93. The van der Waals surface area contributed by atoms with Crippen molar-refractivity contribution in [2.24, 2.45) is 0 Å². The molecule has 12 heavy (non-hydrogen) atoms. The number of hydrogen-bond donors (Lipinski definition) is 0. The molecule has 2 heteroatoms. The highest BCUT2D eigenvalue weighted by Gasteiger charge is 1.99. The van der Waals surface area contributed by atoms with Crippen molar-refractivity contribution in [1.82, 2.24) is 0 Å². The van der Waals surface area contributed by atoms with Crippen molar-refractivity contribution >= 4 is 0 Å². The van der Waals surface area contributed by atoms with Gasteiger partial charge >= 0.3 is 0 Å². The molecule has 0 amide bonds. The summed E-state index contributed by atoms with van der Waals surface area (Å²) >= 11 is 0. The van der Waals surface area contributed by atoms with Crippen molar-refractivity contribution in [2.75, 3.05) is 0 Å². The minimum absolute atomic E-state index is 0.282. The zero-order valence-corrected chi connectivity index (χ0v) is 7.36. The van der Waals surface area contributed by atoms with Crippen molar-refractivity contribution < 1.29 is 8.78 Å². The molecule has 1 atom stereocenters. The van der Waals surface area contributed by atoms with E-state index in [1.54, 1.807) is 0 Å². The summed E-state index contributed by atoms with van der Waals surface area (Å²) < 4.78 is 24.6. The van der Waals surface area contributed by atoms with Crippen LogP contribution in [0.2, 0.25) is 0 Å². The highest BCUT2D eigenvalue weighted by atomic mass is 19.1. The Balaban J connectivity index is 3.10. The summed E-state index contributed by atoms with van der Waals surface area (Å²) in [6.45, 7) is 6.49. The van der Waals surface area contributed by atoms with Gasteiger partial charge < -0.3 is 0 Å². The summed E-state index contributed by atoms with van der Waals surface area (Å²) in [5.74, 6) is -0.282. The predicted molar refractivity (Wildman–Crippen MR) is 48.4 cm³/mol. The van der Waals surface area contributed by atoms with Crippen molar-refractivity contribution in [3.63, 3.8) is 0 Å². The van der Waals surface area contributed by atoms with Crippen molar-refractivity contribution in [1.29, 1.82) is 0 Å². The third-order valence-electron chi connectivity index (χ3n) is 1.68. The Bertz CT molecular complexity index is 141. The molecular formula is C10H16F2. The first-order valence-electron chi connectivity index (χ1n) is 4.26. The number of alkyl halides is 1. The highest BCUT2D eigenvalue weighted by molar-refractivity contribution is 4.80. The molecule has 0 heterocycles. The fraction of sp³-hybridized carbons (Fsp3) is 0.600. The fourth-order valence-corrected chi connectivity index (χ4v) is 0.951. The maximum atomic E-state index is 12.5. The molecule has 0 spiro atoms. The van der Waals surface area contributed by atoms with Crippen LogP contribution in [0.15, 0.2) is 25.1 Å². The molecule has 0 fully saturated rings. The van der Waals surface area contributed by atoms with Crippen LogP contribution in [0, 0.1) is 0 Å². The van der Waals surface area contributed by atoms with E-state index in [0.717, 1.165) is 19.3 Å². The second kappa shape index (κ2) is 7.01. The van der Waals surface area contributed by atoms with E-state index < -0.39 is 6.17 Å². The van der Waals surface area contributed by atoms with Crippen LogP contribution in [0.4, 0.5) is 8.78 Å². The van der Waals surface area contributed by atoms with Gasteiger partial charge in [-0.05, 0) is 19.3 Å². The quantitative estimate of drug-likeness (QED) is 0.405. The SMILES string of the molecule is C=CC(F)CCCCCC(=C)F. The molecule has 70 valence electrons. The molecule has 1 unspecified atom stereocenters. The van der Waals surface area contributed by atoms with Gasteiger partial charge in [-0.15, -0.1) is 6.58 Å². The Morgan fingerprint density at radius 2 is 2.00 bits per heavy atom. The maximum absolute atomic E-state index is 12.5. The number of unbranched alkanes of at least 4 members (excludes halogenated alkanes) is 2. The molecule has 0 aromatic rings. The van der Waals surface area contributed by atoms with Gasteiger partial charge in [0.05, 0.1) is 5.83 Å². The lowest BCUT2D eigenvalue weighted by Gasteiger charge is -2.01. The summed E-state index contributed by atoms with van der Waals surface area (Å²) in [6.07, 6.45) is 3.72. The average Bonchev–Trinajstić information content (AvgIpc) is 2.03. The van der Waals surface area contributed by atoms with Gasteiger partial charge in [0.1, 0.15) is 6.17 Å². The van der Waals surface area contributed by atoms with Gasteiger partial charge in [0.25, 0.3) is 0 Å². The first-order valence-corrected chi connectivity index (χ1v) is 4.26. The van der Waals surface area contributed by atoms with E-state index in [2.05, 4.69) is 13.2 Å². The molecule has 0 aliphatic carbocycles. The Kier molecular flexibility index (Phi) is 6.63. The minimum atomic E-state index is -0.904. The second-order valence-electron chi connectivity index (χ2n) is 2.87. The van der Waals surface area contributed by atoms with E-state index in [-0.39, 0.29) is 5.83 Å². The third-order valence-corrected chi connectivity index (χ3v) is 1.68. The van der Waals surface area contributed by atoms with E-state index in [1.807, 2.05) is 0 Å². The summed E-state index contributed by atoms with van der Waals surface area (Å²) in [5.41, 5.74) is 0. The lowest BCUT2D eigenvalue weighted by atomic mass is 10.1. The number of hydrogen-bond acceptors (Lipinski definition) is 0.